The van der Waals surface area contributed by atoms with Crippen molar-refractivity contribution in [2.45, 2.75) is 33.1 Å². The Balaban J connectivity index is 2.70. The number of rotatable bonds is 1. The van der Waals surface area contributed by atoms with Crippen molar-refractivity contribution >= 4 is 5.82 Å². The molecule has 0 aliphatic rings. The molecule has 0 fully saturated rings. The van der Waals surface area contributed by atoms with Gasteiger partial charge < -0.3 is 5.73 Å². The molecule has 1 heterocycles. The lowest BCUT2D eigenvalue weighted by Crippen LogP contribution is -2.15. The normalized spacial score (nSPS) is 11.2. The zero-order valence-electron chi connectivity index (χ0n) is 12.4. The number of nitriles is 1. The predicted molar refractivity (Wildman–Crippen MR) is 82.2 cm³/mol. The van der Waals surface area contributed by atoms with Gasteiger partial charge in [-0.1, -0.05) is 50.6 Å². The van der Waals surface area contributed by atoms with Gasteiger partial charge in [0, 0.05) is 16.7 Å². The summed E-state index contributed by atoms with van der Waals surface area (Å²) in [5, 5.41) is 9.34. The second-order valence-corrected chi connectivity index (χ2v) is 6.04. The fourth-order valence-corrected chi connectivity index (χ4v) is 2.03. The Hall–Kier alpha value is -2.34. The van der Waals surface area contributed by atoms with E-state index in [0.717, 1.165) is 16.8 Å². The highest BCUT2D eigenvalue weighted by molar-refractivity contribution is 5.76. The first-order chi connectivity index (χ1) is 9.32. The molecule has 1 aromatic carbocycles. The Morgan fingerprint density at radius 1 is 1.15 bits per heavy atom. The van der Waals surface area contributed by atoms with Crippen molar-refractivity contribution in [1.82, 2.24) is 4.98 Å². The van der Waals surface area contributed by atoms with Crippen molar-refractivity contribution < 1.29 is 0 Å². The molecule has 0 spiro atoms. The molecule has 2 N–H and O–H groups in total. The van der Waals surface area contributed by atoms with E-state index in [4.69, 9.17) is 5.73 Å². The van der Waals surface area contributed by atoms with E-state index in [1.165, 1.54) is 5.56 Å². The van der Waals surface area contributed by atoms with Gasteiger partial charge in [0.05, 0.1) is 0 Å². The number of nitrogens with zero attached hydrogens (tertiary/aromatic N) is 2. The highest BCUT2D eigenvalue weighted by atomic mass is 14.9. The number of hydrogen-bond acceptors (Lipinski definition) is 3. The number of benzene rings is 1. The van der Waals surface area contributed by atoms with Crippen molar-refractivity contribution in [3.05, 3.63) is 47.2 Å². The molecule has 3 heteroatoms. The molecule has 102 valence electrons. The minimum Gasteiger partial charge on any atom is -0.383 e. The van der Waals surface area contributed by atoms with Gasteiger partial charge in [-0.25, -0.2) is 4.98 Å². The molecule has 2 rings (SSSR count). The molecule has 1 aromatic heterocycles. The van der Waals surface area contributed by atoms with E-state index in [1.54, 1.807) is 0 Å². The lowest BCUT2D eigenvalue weighted by atomic mass is 9.88. The third-order valence-corrected chi connectivity index (χ3v) is 3.29. The Kier molecular flexibility index (Phi) is 3.50. The minimum absolute atomic E-state index is 0.110. The van der Waals surface area contributed by atoms with Gasteiger partial charge in [0.15, 0.2) is 0 Å². The van der Waals surface area contributed by atoms with Gasteiger partial charge in [0.1, 0.15) is 17.5 Å². The standard InChI is InChI=1S/C17H19N3/c1-11-5-7-12(8-6-11)13-9-15(17(2,3)4)20-16(19)14(13)10-18/h5-9H,1-4H3,(H2,19,20). The van der Waals surface area contributed by atoms with Crippen LogP contribution in [0.4, 0.5) is 5.82 Å². The first-order valence-electron chi connectivity index (χ1n) is 6.61. The van der Waals surface area contributed by atoms with Crippen LogP contribution in [0.15, 0.2) is 30.3 Å². The highest BCUT2D eigenvalue weighted by Crippen LogP contribution is 2.31. The van der Waals surface area contributed by atoms with Crippen LogP contribution in [0, 0.1) is 18.3 Å². The van der Waals surface area contributed by atoms with Crippen molar-refractivity contribution in [3.63, 3.8) is 0 Å². The Morgan fingerprint density at radius 2 is 1.75 bits per heavy atom. The lowest BCUT2D eigenvalue weighted by molar-refractivity contribution is 0.570. The highest BCUT2D eigenvalue weighted by Gasteiger charge is 2.20. The lowest BCUT2D eigenvalue weighted by Gasteiger charge is -2.20. The largest absolute Gasteiger partial charge is 0.383 e. The third-order valence-electron chi connectivity index (χ3n) is 3.29. The fourth-order valence-electron chi connectivity index (χ4n) is 2.03. The van der Waals surface area contributed by atoms with Gasteiger partial charge in [-0.15, -0.1) is 0 Å². The van der Waals surface area contributed by atoms with E-state index in [-0.39, 0.29) is 5.41 Å². The SMILES string of the molecule is Cc1ccc(-c2cc(C(C)(C)C)nc(N)c2C#N)cc1. The summed E-state index contributed by atoms with van der Waals surface area (Å²) in [4.78, 5) is 4.37. The molecule has 2 aromatic rings. The van der Waals surface area contributed by atoms with E-state index in [2.05, 4.69) is 31.8 Å². The van der Waals surface area contributed by atoms with Crippen LogP contribution in [0.25, 0.3) is 11.1 Å². The summed E-state index contributed by atoms with van der Waals surface area (Å²) in [6, 6.07) is 12.2. The molecule has 0 amide bonds. The van der Waals surface area contributed by atoms with Crippen LogP contribution in [0.1, 0.15) is 37.6 Å². The van der Waals surface area contributed by atoms with E-state index < -0.39 is 0 Å². The van der Waals surface area contributed by atoms with Crippen LogP contribution in [0.5, 0.6) is 0 Å². The number of nitrogen functional groups attached to an aromatic ring is 1. The number of hydrogen-bond donors (Lipinski definition) is 1. The van der Waals surface area contributed by atoms with Gasteiger partial charge in [0.2, 0.25) is 0 Å². The molecule has 0 atom stereocenters. The van der Waals surface area contributed by atoms with Gasteiger partial charge in [0.25, 0.3) is 0 Å². The maximum Gasteiger partial charge on any atom is 0.142 e. The topological polar surface area (TPSA) is 62.7 Å². The number of aromatic nitrogens is 1. The zero-order valence-corrected chi connectivity index (χ0v) is 12.4. The first-order valence-corrected chi connectivity index (χ1v) is 6.61. The molecular formula is C17H19N3. The predicted octanol–water partition coefficient (Wildman–Crippen LogP) is 3.81. The zero-order chi connectivity index (χ0) is 14.9. The van der Waals surface area contributed by atoms with Crippen molar-refractivity contribution in [2.24, 2.45) is 0 Å². The second-order valence-electron chi connectivity index (χ2n) is 6.04. The van der Waals surface area contributed by atoms with Crippen molar-refractivity contribution in [2.75, 3.05) is 5.73 Å². The average molecular weight is 265 g/mol. The summed E-state index contributed by atoms with van der Waals surface area (Å²) in [5.74, 6) is 0.301. The maximum absolute atomic E-state index is 9.34. The van der Waals surface area contributed by atoms with Crippen molar-refractivity contribution in [1.29, 1.82) is 5.26 Å². The number of aryl methyl sites for hydroxylation is 1. The van der Waals surface area contributed by atoms with Gasteiger partial charge >= 0.3 is 0 Å². The molecule has 0 radical (unpaired) electrons. The molecule has 0 aliphatic carbocycles. The monoisotopic (exact) mass is 265 g/mol. The molecule has 0 saturated carbocycles. The summed E-state index contributed by atoms with van der Waals surface area (Å²) in [5.41, 5.74) is 10.2. The summed E-state index contributed by atoms with van der Waals surface area (Å²) in [6.45, 7) is 8.29. The number of anilines is 1. The quantitative estimate of drug-likeness (QED) is 0.852. The van der Waals surface area contributed by atoms with Crippen LogP contribution in [0.2, 0.25) is 0 Å². The minimum atomic E-state index is -0.110. The molecule has 0 bridgehead atoms. The fraction of sp³-hybridized carbons (Fsp3) is 0.294. The summed E-state index contributed by atoms with van der Waals surface area (Å²) >= 11 is 0. The molecule has 0 aliphatic heterocycles. The van der Waals surface area contributed by atoms with Gasteiger partial charge in [-0.2, -0.15) is 5.26 Å². The van der Waals surface area contributed by atoms with Crippen LogP contribution in [0.3, 0.4) is 0 Å². The van der Waals surface area contributed by atoms with E-state index in [9.17, 15) is 5.26 Å². The van der Waals surface area contributed by atoms with Crippen LogP contribution in [-0.2, 0) is 5.41 Å². The first kappa shape index (κ1) is 14.1. The number of pyridine rings is 1. The average Bonchev–Trinajstić information content (AvgIpc) is 2.37. The molecule has 20 heavy (non-hydrogen) atoms. The van der Waals surface area contributed by atoms with E-state index in [1.807, 2.05) is 37.3 Å². The molecule has 3 nitrogen and oxygen atoms in total. The maximum atomic E-state index is 9.34. The summed E-state index contributed by atoms with van der Waals surface area (Å²) < 4.78 is 0. The van der Waals surface area contributed by atoms with Gasteiger partial charge in [-0.05, 0) is 18.6 Å². The Labute approximate surface area is 120 Å². The molecular weight excluding hydrogens is 246 g/mol. The summed E-state index contributed by atoms with van der Waals surface area (Å²) in [7, 11) is 0. The van der Waals surface area contributed by atoms with Crippen molar-refractivity contribution in [3.8, 4) is 17.2 Å². The third kappa shape index (κ3) is 2.65. The summed E-state index contributed by atoms with van der Waals surface area (Å²) in [6.07, 6.45) is 0. The van der Waals surface area contributed by atoms with E-state index in [0.29, 0.717) is 11.4 Å². The molecule has 0 unspecified atom stereocenters. The Morgan fingerprint density at radius 3 is 2.25 bits per heavy atom. The van der Waals surface area contributed by atoms with E-state index >= 15 is 0 Å². The van der Waals surface area contributed by atoms with Crippen LogP contribution >= 0.6 is 0 Å². The molecule has 0 saturated heterocycles. The van der Waals surface area contributed by atoms with Crippen LogP contribution in [-0.4, -0.2) is 4.98 Å². The second kappa shape index (κ2) is 4.97. The Bertz CT molecular complexity index is 671. The van der Waals surface area contributed by atoms with Gasteiger partial charge in [-0.3, -0.25) is 0 Å². The van der Waals surface area contributed by atoms with Crippen LogP contribution < -0.4 is 5.73 Å². The number of nitrogens with two attached hydrogens (primary N) is 1. The smallest absolute Gasteiger partial charge is 0.142 e.